The number of nitrogens with two attached hydrogens (primary N) is 1. The van der Waals surface area contributed by atoms with Gasteiger partial charge < -0.3 is 4.98 Å². The number of aryl methyl sites for hydroxylation is 1. The number of rotatable bonds is 2. The van der Waals surface area contributed by atoms with Crippen molar-refractivity contribution in [3.63, 3.8) is 0 Å². The number of hydrogen-bond donors (Lipinski definition) is 2. The van der Waals surface area contributed by atoms with Gasteiger partial charge in [-0.25, -0.2) is 10.9 Å². The third-order valence-corrected chi connectivity index (χ3v) is 1.15. The Kier molecular flexibility index (Phi) is 7.77. The van der Waals surface area contributed by atoms with Crippen molar-refractivity contribution in [3.8, 4) is 0 Å². The number of halogens is 2. The molecule has 0 bridgehead atoms. The van der Waals surface area contributed by atoms with Crippen LogP contribution in [-0.2, 0) is 11.4 Å². The maximum absolute atomic E-state index is 4.83. The number of aromatic nitrogens is 2. The van der Waals surface area contributed by atoms with Crippen LogP contribution in [0.15, 0.2) is 6.33 Å². The van der Waals surface area contributed by atoms with Gasteiger partial charge in [-0.2, -0.15) is 0 Å². The Labute approximate surface area is 77.3 Å². The molecule has 4 nitrogen and oxygen atoms in total. The Balaban J connectivity index is 0. The van der Waals surface area contributed by atoms with Crippen molar-refractivity contribution in [2.75, 3.05) is 0 Å². The minimum absolute atomic E-state index is 0. The highest BCUT2D eigenvalue weighted by Crippen LogP contribution is 1.99. The van der Waals surface area contributed by atoms with Gasteiger partial charge in [0.25, 0.3) is 0 Å². The molecule has 0 aliphatic heterocycles. The molecule has 0 atom stereocenters. The Hall–Kier alpha value is -0.290. The Morgan fingerprint density at radius 2 is 2.27 bits per heavy atom. The van der Waals surface area contributed by atoms with E-state index in [0.717, 1.165) is 11.4 Å². The van der Waals surface area contributed by atoms with Crippen LogP contribution in [0.4, 0.5) is 0 Å². The smallest absolute Gasteiger partial charge is 0.112 e. The fraction of sp³-hybridized carbons (Fsp3) is 0.400. The normalized spacial score (nSPS) is 8.18. The van der Waals surface area contributed by atoms with E-state index in [1.54, 1.807) is 6.33 Å². The first-order valence-electron chi connectivity index (χ1n) is 2.65. The fourth-order valence-electron chi connectivity index (χ4n) is 0.612. The molecule has 0 aliphatic carbocycles. The first-order valence-corrected chi connectivity index (χ1v) is 2.65. The number of nitrogens with one attached hydrogen (secondary N) is 1. The van der Waals surface area contributed by atoms with Crippen LogP contribution >= 0.6 is 24.8 Å². The zero-order valence-corrected chi connectivity index (χ0v) is 7.67. The van der Waals surface area contributed by atoms with Gasteiger partial charge in [-0.3, -0.25) is 4.84 Å². The number of hydrogen-bond acceptors (Lipinski definition) is 3. The molecule has 1 aromatic heterocycles. The Morgan fingerprint density at radius 1 is 1.64 bits per heavy atom. The molecule has 1 aromatic rings. The summed E-state index contributed by atoms with van der Waals surface area (Å²) >= 11 is 0. The van der Waals surface area contributed by atoms with Gasteiger partial charge in [0, 0.05) is 5.69 Å². The van der Waals surface area contributed by atoms with E-state index in [0.29, 0.717) is 6.61 Å². The van der Waals surface area contributed by atoms with E-state index in [4.69, 9.17) is 5.90 Å². The molecule has 1 heterocycles. The lowest BCUT2D eigenvalue weighted by Crippen LogP contribution is -2.00. The number of nitrogens with zero attached hydrogens (tertiary/aromatic N) is 1. The maximum Gasteiger partial charge on any atom is 0.112 e. The molecule has 0 saturated carbocycles. The highest BCUT2D eigenvalue weighted by molar-refractivity contribution is 5.85. The van der Waals surface area contributed by atoms with Crippen molar-refractivity contribution in [1.29, 1.82) is 0 Å². The van der Waals surface area contributed by atoms with Crippen LogP contribution in [0.3, 0.4) is 0 Å². The van der Waals surface area contributed by atoms with Gasteiger partial charge in [-0.05, 0) is 6.92 Å². The molecule has 0 fully saturated rings. The summed E-state index contributed by atoms with van der Waals surface area (Å²) in [5.74, 6) is 4.83. The van der Waals surface area contributed by atoms with Gasteiger partial charge in [-0.1, -0.05) is 0 Å². The third kappa shape index (κ3) is 3.57. The number of H-pyrrole nitrogens is 1. The van der Waals surface area contributed by atoms with Crippen LogP contribution in [0.2, 0.25) is 0 Å². The predicted molar refractivity (Wildman–Crippen MR) is 46.8 cm³/mol. The number of aromatic amines is 1. The first kappa shape index (κ1) is 13.3. The van der Waals surface area contributed by atoms with Gasteiger partial charge in [0.05, 0.1) is 12.0 Å². The van der Waals surface area contributed by atoms with E-state index < -0.39 is 0 Å². The molecule has 1 rings (SSSR count). The maximum atomic E-state index is 4.83. The largest absolute Gasteiger partial charge is 0.348 e. The second kappa shape index (κ2) is 6.42. The lowest BCUT2D eigenvalue weighted by molar-refractivity contribution is 0.121. The van der Waals surface area contributed by atoms with Crippen molar-refractivity contribution < 1.29 is 4.84 Å². The molecule has 0 radical (unpaired) electrons. The summed E-state index contributed by atoms with van der Waals surface area (Å²) in [7, 11) is 0. The van der Waals surface area contributed by atoms with E-state index in [-0.39, 0.29) is 24.8 Å². The monoisotopic (exact) mass is 199 g/mol. The summed E-state index contributed by atoms with van der Waals surface area (Å²) in [6.45, 7) is 2.29. The SMILES string of the molecule is Cc1[nH]cnc1CON.Cl.Cl. The second-order valence-corrected chi connectivity index (χ2v) is 1.79. The molecule has 0 aromatic carbocycles. The van der Waals surface area contributed by atoms with Crippen LogP contribution in [0.5, 0.6) is 0 Å². The molecule has 3 N–H and O–H groups in total. The quantitative estimate of drug-likeness (QED) is 0.698. The summed E-state index contributed by atoms with van der Waals surface area (Å²) in [6.07, 6.45) is 1.61. The molecular weight excluding hydrogens is 189 g/mol. The van der Waals surface area contributed by atoms with Crippen LogP contribution in [0.25, 0.3) is 0 Å². The topological polar surface area (TPSA) is 63.9 Å². The van der Waals surface area contributed by atoms with Crippen LogP contribution in [0, 0.1) is 6.92 Å². The standard InChI is InChI=1S/C5H9N3O.2ClH/c1-4-5(2-9-6)8-3-7-4;;/h3H,2,6H2,1H3,(H,7,8);2*1H. The lowest BCUT2D eigenvalue weighted by atomic mass is 10.4. The van der Waals surface area contributed by atoms with Crippen molar-refractivity contribution in [2.45, 2.75) is 13.5 Å². The van der Waals surface area contributed by atoms with Gasteiger partial charge >= 0.3 is 0 Å². The molecule has 0 saturated heterocycles. The lowest BCUT2D eigenvalue weighted by Gasteiger charge is -1.92. The van der Waals surface area contributed by atoms with Gasteiger partial charge in [0.1, 0.15) is 6.61 Å². The van der Waals surface area contributed by atoms with Crippen molar-refractivity contribution in [2.24, 2.45) is 5.90 Å². The minimum Gasteiger partial charge on any atom is -0.348 e. The highest BCUT2D eigenvalue weighted by atomic mass is 35.5. The van der Waals surface area contributed by atoms with Gasteiger partial charge in [0.2, 0.25) is 0 Å². The van der Waals surface area contributed by atoms with E-state index in [1.165, 1.54) is 0 Å². The summed E-state index contributed by atoms with van der Waals surface area (Å²) < 4.78 is 0. The van der Waals surface area contributed by atoms with Crippen molar-refractivity contribution in [3.05, 3.63) is 17.7 Å². The fourth-order valence-corrected chi connectivity index (χ4v) is 0.612. The van der Waals surface area contributed by atoms with E-state index >= 15 is 0 Å². The molecule has 0 amide bonds. The van der Waals surface area contributed by atoms with Crippen molar-refractivity contribution in [1.82, 2.24) is 9.97 Å². The molecule has 11 heavy (non-hydrogen) atoms. The van der Waals surface area contributed by atoms with Crippen LogP contribution in [-0.4, -0.2) is 9.97 Å². The Morgan fingerprint density at radius 3 is 2.64 bits per heavy atom. The predicted octanol–water partition coefficient (Wildman–Crippen LogP) is 0.952. The van der Waals surface area contributed by atoms with Gasteiger partial charge in [-0.15, -0.1) is 24.8 Å². The van der Waals surface area contributed by atoms with Gasteiger partial charge in [0.15, 0.2) is 0 Å². The zero-order valence-electron chi connectivity index (χ0n) is 6.03. The molecule has 0 unspecified atom stereocenters. The molecule has 0 spiro atoms. The molecular formula is C5H11Cl2N3O. The van der Waals surface area contributed by atoms with Crippen LogP contribution < -0.4 is 5.90 Å². The summed E-state index contributed by atoms with van der Waals surface area (Å²) in [5, 5.41) is 0. The highest BCUT2D eigenvalue weighted by Gasteiger charge is 1.97. The molecule has 0 aliphatic rings. The van der Waals surface area contributed by atoms with E-state index in [9.17, 15) is 0 Å². The van der Waals surface area contributed by atoms with E-state index in [2.05, 4.69) is 14.8 Å². The van der Waals surface area contributed by atoms with E-state index in [1.807, 2.05) is 6.92 Å². The molecule has 6 heteroatoms. The van der Waals surface area contributed by atoms with Crippen molar-refractivity contribution >= 4 is 24.8 Å². The van der Waals surface area contributed by atoms with Crippen LogP contribution in [0.1, 0.15) is 11.4 Å². The third-order valence-electron chi connectivity index (χ3n) is 1.15. The summed E-state index contributed by atoms with van der Waals surface area (Å²) in [6, 6.07) is 0. The average Bonchev–Trinajstić information content (AvgIpc) is 2.18. The summed E-state index contributed by atoms with van der Waals surface area (Å²) in [4.78, 5) is 11.2. The minimum atomic E-state index is 0. The Bertz CT molecular complexity index is 192. The average molecular weight is 200 g/mol. The second-order valence-electron chi connectivity index (χ2n) is 1.79. The zero-order chi connectivity index (χ0) is 6.69. The summed E-state index contributed by atoms with van der Waals surface area (Å²) in [5.41, 5.74) is 1.86. The number of imidazole rings is 1. The molecule has 66 valence electrons. The first-order chi connectivity index (χ1) is 4.34.